The Balaban J connectivity index is 1.07. The lowest BCUT2D eigenvalue weighted by atomic mass is 10.0. The number of fused-ring (bicyclic) bond motifs is 1. The lowest BCUT2D eigenvalue weighted by Crippen LogP contribution is -2.35. The Morgan fingerprint density at radius 2 is 2.00 bits per heavy atom. The fourth-order valence-corrected chi connectivity index (χ4v) is 5.74. The van der Waals surface area contributed by atoms with Gasteiger partial charge < -0.3 is 23.8 Å². The van der Waals surface area contributed by atoms with Crippen LogP contribution in [0.5, 0.6) is 5.75 Å². The van der Waals surface area contributed by atoms with Gasteiger partial charge in [0.25, 0.3) is 0 Å². The summed E-state index contributed by atoms with van der Waals surface area (Å²) in [4.78, 5) is 14.1. The van der Waals surface area contributed by atoms with Gasteiger partial charge in [0.15, 0.2) is 0 Å². The predicted molar refractivity (Wildman–Crippen MR) is 143 cm³/mol. The molecule has 0 unspecified atom stereocenters. The second-order valence-corrected chi connectivity index (χ2v) is 12.5. The zero-order chi connectivity index (χ0) is 27.2. The number of carbonyl (C=O) groups is 1. The molecule has 38 heavy (non-hydrogen) atoms. The molecular formula is C27H34N2O7S2. The standard InChI is InChI=1S/C27H34N2O7S2/c1-27(2)34-18-22-16-21(10-11-23(22)36-27)24-17-29(26(30)35-24)12-6-3-4-7-13-33-14-8-5-9-20-15-25(37-19-20)38(28,31)32/h10-11,15-16,19,24H,3-4,6-8,12-14,17-18H2,1-2H3,(H2,28,31,32)/t24-/m0/s1. The molecule has 0 saturated carbocycles. The fraction of sp³-hybridized carbons (Fsp3) is 0.519. The van der Waals surface area contributed by atoms with Crippen LogP contribution < -0.4 is 9.88 Å². The number of primary sulfonamides is 1. The number of amides is 1. The van der Waals surface area contributed by atoms with Crippen molar-refractivity contribution in [1.82, 2.24) is 4.90 Å². The van der Waals surface area contributed by atoms with Gasteiger partial charge in [-0.15, -0.1) is 11.3 Å². The second kappa shape index (κ2) is 12.5. The predicted octanol–water partition coefficient (Wildman–Crippen LogP) is 4.55. The SMILES string of the molecule is CC1(C)OCc2cc([C@@H]3CN(CCCCCCOCCC#Cc4csc(S(N)(=O)=O)c4)C(=O)O3)ccc2O1. The Kier molecular flexibility index (Phi) is 9.33. The smallest absolute Gasteiger partial charge is 0.410 e. The van der Waals surface area contributed by atoms with E-state index in [1.807, 2.05) is 32.0 Å². The number of unbranched alkanes of at least 4 members (excludes halogenated alkanes) is 3. The van der Waals surface area contributed by atoms with Crippen LogP contribution in [0, 0.1) is 11.8 Å². The molecule has 3 heterocycles. The average Bonchev–Trinajstić information content (AvgIpc) is 3.48. The highest BCUT2D eigenvalue weighted by Gasteiger charge is 2.33. The summed E-state index contributed by atoms with van der Waals surface area (Å²) in [6.07, 6.45) is 3.90. The number of ether oxygens (including phenoxy) is 4. The first kappa shape index (κ1) is 28.4. The summed E-state index contributed by atoms with van der Waals surface area (Å²) in [5.74, 6) is 6.07. The maximum atomic E-state index is 12.4. The molecule has 0 aliphatic carbocycles. The molecule has 9 nitrogen and oxygen atoms in total. The van der Waals surface area contributed by atoms with Crippen molar-refractivity contribution in [2.75, 3.05) is 26.3 Å². The van der Waals surface area contributed by atoms with Crippen LogP contribution in [-0.4, -0.2) is 51.5 Å². The number of hydrogen-bond donors (Lipinski definition) is 1. The third-order valence-corrected chi connectivity index (χ3v) is 8.59. The summed E-state index contributed by atoms with van der Waals surface area (Å²) in [5, 5.41) is 6.77. The monoisotopic (exact) mass is 562 g/mol. The van der Waals surface area contributed by atoms with E-state index in [2.05, 4.69) is 11.8 Å². The molecule has 1 aromatic heterocycles. The number of carbonyl (C=O) groups excluding carboxylic acids is 1. The Bertz CT molecular complexity index is 1290. The first-order valence-corrected chi connectivity index (χ1v) is 15.1. The van der Waals surface area contributed by atoms with Crippen molar-refractivity contribution in [2.24, 2.45) is 5.14 Å². The summed E-state index contributed by atoms with van der Waals surface area (Å²) in [5.41, 5.74) is 2.56. The van der Waals surface area contributed by atoms with Crippen LogP contribution in [0.3, 0.4) is 0 Å². The average molecular weight is 563 g/mol. The molecule has 206 valence electrons. The molecule has 1 atom stereocenters. The van der Waals surface area contributed by atoms with Gasteiger partial charge in [0.1, 0.15) is 16.1 Å². The summed E-state index contributed by atoms with van der Waals surface area (Å²) in [6.45, 7) is 6.64. The van der Waals surface area contributed by atoms with Crippen molar-refractivity contribution in [3.05, 3.63) is 46.3 Å². The van der Waals surface area contributed by atoms with E-state index in [-0.39, 0.29) is 16.4 Å². The Labute approximate surface area is 228 Å². The van der Waals surface area contributed by atoms with E-state index < -0.39 is 15.8 Å². The largest absolute Gasteiger partial charge is 0.463 e. The summed E-state index contributed by atoms with van der Waals surface area (Å²) >= 11 is 1.07. The molecule has 2 N–H and O–H groups in total. The molecule has 0 radical (unpaired) electrons. The minimum atomic E-state index is -3.67. The highest BCUT2D eigenvalue weighted by molar-refractivity contribution is 7.91. The van der Waals surface area contributed by atoms with Crippen molar-refractivity contribution >= 4 is 27.5 Å². The van der Waals surface area contributed by atoms with Gasteiger partial charge in [-0.1, -0.05) is 30.7 Å². The molecular weight excluding hydrogens is 528 g/mol. The maximum absolute atomic E-state index is 12.4. The van der Waals surface area contributed by atoms with Crippen LogP contribution in [0.25, 0.3) is 0 Å². The molecule has 1 amide bonds. The van der Waals surface area contributed by atoms with Gasteiger partial charge in [-0.25, -0.2) is 18.4 Å². The maximum Gasteiger partial charge on any atom is 0.410 e. The van der Waals surface area contributed by atoms with Crippen molar-refractivity contribution in [2.45, 2.75) is 68.7 Å². The van der Waals surface area contributed by atoms with Crippen LogP contribution in [-0.2, 0) is 30.8 Å². The first-order chi connectivity index (χ1) is 18.1. The highest BCUT2D eigenvalue weighted by Crippen LogP contribution is 2.35. The van der Waals surface area contributed by atoms with E-state index in [9.17, 15) is 13.2 Å². The second-order valence-electron chi connectivity index (χ2n) is 9.75. The van der Waals surface area contributed by atoms with E-state index in [0.717, 1.165) is 53.9 Å². The molecule has 2 aromatic rings. The molecule has 2 aliphatic heterocycles. The van der Waals surface area contributed by atoms with E-state index in [1.54, 1.807) is 10.3 Å². The third-order valence-electron chi connectivity index (χ3n) is 6.20. The van der Waals surface area contributed by atoms with Crippen LogP contribution in [0.15, 0.2) is 33.9 Å². The van der Waals surface area contributed by atoms with Crippen molar-refractivity contribution in [1.29, 1.82) is 0 Å². The molecule has 0 bridgehead atoms. The molecule has 1 saturated heterocycles. The van der Waals surface area contributed by atoms with Gasteiger partial charge in [-0.3, -0.25) is 0 Å². The first-order valence-electron chi connectivity index (χ1n) is 12.7. The van der Waals surface area contributed by atoms with E-state index in [1.165, 1.54) is 6.07 Å². The summed E-state index contributed by atoms with van der Waals surface area (Å²) in [7, 11) is -3.67. The summed E-state index contributed by atoms with van der Waals surface area (Å²) < 4.78 is 45.5. The zero-order valence-corrected chi connectivity index (χ0v) is 23.4. The fourth-order valence-electron chi connectivity index (χ4n) is 4.20. The van der Waals surface area contributed by atoms with Crippen molar-refractivity contribution in [3.8, 4) is 17.6 Å². The Hall–Kier alpha value is -2.62. The van der Waals surface area contributed by atoms with Gasteiger partial charge in [0, 0.05) is 49.9 Å². The van der Waals surface area contributed by atoms with Crippen LogP contribution in [0.4, 0.5) is 4.79 Å². The summed E-state index contributed by atoms with van der Waals surface area (Å²) in [6, 6.07) is 7.37. The van der Waals surface area contributed by atoms with Crippen molar-refractivity contribution < 1.29 is 32.2 Å². The quantitative estimate of drug-likeness (QED) is 0.315. The number of thiophene rings is 1. The lowest BCUT2D eigenvalue weighted by Gasteiger charge is -2.32. The van der Waals surface area contributed by atoms with Gasteiger partial charge >= 0.3 is 6.09 Å². The number of nitrogens with two attached hydrogens (primary N) is 1. The number of cyclic esters (lactones) is 1. The Morgan fingerprint density at radius 1 is 1.18 bits per heavy atom. The van der Waals surface area contributed by atoms with E-state index in [0.29, 0.717) is 44.9 Å². The topological polar surface area (TPSA) is 117 Å². The minimum absolute atomic E-state index is 0.115. The van der Waals surface area contributed by atoms with Gasteiger partial charge in [-0.05, 0) is 36.6 Å². The van der Waals surface area contributed by atoms with E-state index in [4.69, 9.17) is 24.1 Å². The lowest BCUT2D eigenvalue weighted by molar-refractivity contribution is -0.180. The number of rotatable bonds is 11. The van der Waals surface area contributed by atoms with Crippen LogP contribution in [0.2, 0.25) is 0 Å². The molecule has 1 fully saturated rings. The zero-order valence-electron chi connectivity index (χ0n) is 21.7. The number of hydrogen-bond acceptors (Lipinski definition) is 8. The van der Waals surface area contributed by atoms with Crippen molar-refractivity contribution in [3.63, 3.8) is 0 Å². The molecule has 2 aliphatic rings. The normalized spacial score (nSPS) is 18.3. The third kappa shape index (κ3) is 7.94. The van der Waals surface area contributed by atoms with Crippen LogP contribution in [0.1, 0.15) is 68.7 Å². The highest BCUT2D eigenvalue weighted by atomic mass is 32.2. The van der Waals surface area contributed by atoms with Gasteiger partial charge in [-0.2, -0.15) is 0 Å². The number of sulfonamides is 1. The number of benzene rings is 1. The molecule has 1 aromatic carbocycles. The molecule has 11 heteroatoms. The van der Waals surface area contributed by atoms with Crippen LogP contribution >= 0.6 is 11.3 Å². The van der Waals surface area contributed by atoms with Gasteiger partial charge in [0.05, 0.1) is 19.8 Å². The molecule has 4 rings (SSSR count). The number of nitrogens with zero attached hydrogens (tertiary/aromatic N) is 1. The van der Waals surface area contributed by atoms with Gasteiger partial charge in [0.2, 0.25) is 15.8 Å². The molecule has 0 spiro atoms. The van der Waals surface area contributed by atoms with E-state index >= 15 is 0 Å². The Morgan fingerprint density at radius 3 is 2.79 bits per heavy atom. The minimum Gasteiger partial charge on any atom is -0.463 e.